The number of hydroxylamine groups is 1. The Balaban J connectivity index is 4.27. The number of allylic oxidation sites excluding steroid dienone is 1. The molecule has 6 nitrogen and oxygen atoms in total. The van der Waals surface area contributed by atoms with E-state index in [4.69, 9.17) is 10.9 Å². The number of aliphatic imine (C=N–C) groups is 1. The maximum absolute atomic E-state index is 10.6. The number of nitrogens with two attached hydrogens (primary N) is 1. The summed E-state index contributed by atoms with van der Waals surface area (Å²) in [7, 11) is 0. The molecule has 0 fully saturated rings. The lowest BCUT2D eigenvalue weighted by Crippen LogP contribution is -2.18. The van der Waals surface area contributed by atoms with Crippen LogP contribution in [0.2, 0.25) is 0 Å². The molecule has 0 saturated carbocycles. The van der Waals surface area contributed by atoms with Gasteiger partial charge in [0.25, 0.3) is 5.91 Å². The van der Waals surface area contributed by atoms with Crippen molar-refractivity contribution in [3.8, 4) is 0 Å². The van der Waals surface area contributed by atoms with Crippen molar-refractivity contribution in [1.29, 1.82) is 0 Å². The Labute approximate surface area is 94.2 Å². The highest BCUT2D eigenvalue weighted by molar-refractivity contribution is 5.86. The minimum absolute atomic E-state index is 0.317. The van der Waals surface area contributed by atoms with E-state index in [1.165, 1.54) is 23.7 Å². The highest BCUT2D eigenvalue weighted by atomic mass is 16.5. The van der Waals surface area contributed by atoms with E-state index in [-0.39, 0.29) is 0 Å². The van der Waals surface area contributed by atoms with Gasteiger partial charge in [0.15, 0.2) is 0 Å². The molecule has 0 saturated heterocycles. The number of nitrogens with zero attached hydrogens (tertiary/aromatic N) is 1. The lowest BCUT2D eigenvalue weighted by molar-refractivity contribution is -0.124. The van der Waals surface area contributed by atoms with Crippen LogP contribution in [0.25, 0.3) is 0 Å². The molecule has 6 heteroatoms. The molecule has 0 aromatic rings. The molecular formula is C10H16N4O2. The third kappa shape index (κ3) is 5.61. The van der Waals surface area contributed by atoms with Gasteiger partial charge >= 0.3 is 0 Å². The molecule has 0 unspecified atom stereocenters. The molecule has 16 heavy (non-hydrogen) atoms. The monoisotopic (exact) mass is 224 g/mol. The number of carbonyl (C=O) groups is 1. The molecular weight excluding hydrogens is 208 g/mol. The van der Waals surface area contributed by atoms with Gasteiger partial charge in [-0.25, -0.2) is 10.5 Å². The summed E-state index contributed by atoms with van der Waals surface area (Å²) in [5.41, 5.74) is 7.66. The van der Waals surface area contributed by atoms with Crippen LogP contribution in [0, 0.1) is 0 Å². The molecule has 0 bridgehead atoms. The van der Waals surface area contributed by atoms with E-state index in [2.05, 4.69) is 16.9 Å². The second kappa shape index (κ2) is 8.25. The van der Waals surface area contributed by atoms with Crippen molar-refractivity contribution in [1.82, 2.24) is 10.8 Å². The SMILES string of the molecule is C=C/C(NC/C=C/C(=O)NO)=C(/N)N=CC. The number of rotatable bonds is 6. The van der Waals surface area contributed by atoms with Crippen LogP contribution in [-0.2, 0) is 4.79 Å². The van der Waals surface area contributed by atoms with Gasteiger partial charge in [-0.2, -0.15) is 0 Å². The summed E-state index contributed by atoms with van der Waals surface area (Å²) in [5.74, 6) is -0.275. The fourth-order valence-electron chi connectivity index (χ4n) is 0.848. The molecule has 0 aliphatic heterocycles. The predicted molar refractivity (Wildman–Crippen MR) is 62.6 cm³/mol. The Hall–Kier alpha value is -2.08. The first-order valence-corrected chi connectivity index (χ1v) is 4.61. The Morgan fingerprint density at radius 1 is 1.62 bits per heavy atom. The summed E-state index contributed by atoms with van der Waals surface area (Å²) in [6.07, 6.45) is 5.81. The molecule has 0 aromatic carbocycles. The number of hydrogen-bond donors (Lipinski definition) is 4. The van der Waals surface area contributed by atoms with E-state index >= 15 is 0 Å². The maximum atomic E-state index is 10.6. The Morgan fingerprint density at radius 3 is 2.81 bits per heavy atom. The van der Waals surface area contributed by atoms with Crippen LogP contribution in [0.3, 0.4) is 0 Å². The van der Waals surface area contributed by atoms with Gasteiger partial charge in [0.2, 0.25) is 0 Å². The van der Waals surface area contributed by atoms with E-state index in [9.17, 15) is 4.79 Å². The van der Waals surface area contributed by atoms with Gasteiger partial charge < -0.3 is 11.1 Å². The second-order valence-electron chi connectivity index (χ2n) is 2.65. The molecule has 5 N–H and O–H groups in total. The van der Waals surface area contributed by atoms with Crippen LogP contribution >= 0.6 is 0 Å². The molecule has 0 atom stereocenters. The smallest absolute Gasteiger partial charge is 0.267 e. The zero-order chi connectivity index (χ0) is 12.4. The van der Waals surface area contributed by atoms with Crippen molar-refractivity contribution in [2.24, 2.45) is 10.7 Å². The highest BCUT2D eigenvalue weighted by Gasteiger charge is 1.95. The van der Waals surface area contributed by atoms with Crippen molar-refractivity contribution in [2.45, 2.75) is 6.92 Å². The summed E-state index contributed by atoms with van der Waals surface area (Å²) in [6, 6.07) is 0. The number of amides is 1. The third-order valence-corrected chi connectivity index (χ3v) is 1.54. The van der Waals surface area contributed by atoms with Crippen LogP contribution in [-0.4, -0.2) is 23.9 Å². The molecule has 0 aliphatic carbocycles. The summed E-state index contributed by atoms with van der Waals surface area (Å²) >= 11 is 0. The normalized spacial score (nSPS) is 12.6. The van der Waals surface area contributed by atoms with E-state index in [0.29, 0.717) is 18.1 Å². The quantitative estimate of drug-likeness (QED) is 0.168. The van der Waals surface area contributed by atoms with Gasteiger partial charge in [0.1, 0.15) is 5.82 Å². The first-order chi connectivity index (χ1) is 7.65. The minimum Gasteiger partial charge on any atom is -0.382 e. The second-order valence-corrected chi connectivity index (χ2v) is 2.65. The van der Waals surface area contributed by atoms with Crippen molar-refractivity contribution in [2.75, 3.05) is 6.54 Å². The number of nitrogens with one attached hydrogen (secondary N) is 2. The van der Waals surface area contributed by atoms with Gasteiger partial charge in [-0.3, -0.25) is 10.0 Å². The van der Waals surface area contributed by atoms with Crippen molar-refractivity contribution in [3.63, 3.8) is 0 Å². The van der Waals surface area contributed by atoms with Gasteiger partial charge in [0.05, 0.1) is 5.70 Å². The summed E-state index contributed by atoms with van der Waals surface area (Å²) in [4.78, 5) is 14.5. The molecule has 0 aromatic heterocycles. The highest BCUT2D eigenvalue weighted by Crippen LogP contribution is 1.96. The molecule has 88 valence electrons. The van der Waals surface area contributed by atoms with Gasteiger partial charge in [-0.15, -0.1) is 0 Å². The molecule has 1 amide bonds. The average Bonchev–Trinajstić information content (AvgIpc) is 2.29. The fourth-order valence-corrected chi connectivity index (χ4v) is 0.848. The summed E-state index contributed by atoms with van der Waals surface area (Å²) < 4.78 is 0. The number of hydrogen-bond acceptors (Lipinski definition) is 5. The zero-order valence-corrected chi connectivity index (χ0v) is 9.10. The lowest BCUT2D eigenvalue weighted by Gasteiger charge is -2.05. The van der Waals surface area contributed by atoms with E-state index in [0.717, 1.165) is 0 Å². The van der Waals surface area contributed by atoms with Crippen molar-refractivity contribution in [3.05, 3.63) is 36.3 Å². The Morgan fingerprint density at radius 2 is 2.31 bits per heavy atom. The van der Waals surface area contributed by atoms with E-state index < -0.39 is 5.91 Å². The zero-order valence-electron chi connectivity index (χ0n) is 9.10. The topological polar surface area (TPSA) is 99.7 Å². The summed E-state index contributed by atoms with van der Waals surface area (Å²) in [5, 5.41) is 11.1. The van der Waals surface area contributed by atoms with Crippen LogP contribution in [0.4, 0.5) is 0 Å². The van der Waals surface area contributed by atoms with Crippen LogP contribution in [0.1, 0.15) is 6.92 Å². The summed E-state index contributed by atoms with van der Waals surface area (Å²) in [6.45, 7) is 5.70. The van der Waals surface area contributed by atoms with Crippen LogP contribution < -0.4 is 16.5 Å². The van der Waals surface area contributed by atoms with Crippen molar-refractivity contribution >= 4 is 12.1 Å². The lowest BCUT2D eigenvalue weighted by atomic mass is 10.4. The van der Waals surface area contributed by atoms with Gasteiger partial charge in [0, 0.05) is 18.8 Å². The predicted octanol–water partition coefficient (Wildman–Crippen LogP) is 0.0421. The van der Waals surface area contributed by atoms with E-state index in [1.54, 1.807) is 13.1 Å². The van der Waals surface area contributed by atoms with E-state index in [1.807, 2.05) is 0 Å². The standard InChI is InChI=1S/C10H16N4O2/c1-3-8(10(11)12-4-2)13-7-5-6-9(15)14-16/h3-6,13,16H,1,7,11H2,2H3,(H,14,15)/b6-5+,10-8+,12-4?. The number of carbonyl (C=O) groups excluding carboxylic acids is 1. The largest absolute Gasteiger partial charge is 0.382 e. The van der Waals surface area contributed by atoms with Gasteiger partial charge in [-0.1, -0.05) is 12.7 Å². The minimum atomic E-state index is -0.592. The molecule has 0 spiro atoms. The van der Waals surface area contributed by atoms with Crippen LogP contribution in [0.15, 0.2) is 41.3 Å². The fraction of sp³-hybridized carbons (Fsp3) is 0.200. The third-order valence-electron chi connectivity index (χ3n) is 1.54. The Kier molecular flexibility index (Phi) is 7.17. The molecule has 0 heterocycles. The van der Waals surface area contributed by atoms with Gasteiger partial charge in [-0.05, 0) is 13.0 Å². The average molecular weight is 224 g/mol. The molecule has 0 rings (SSSR count). The molecule has 0 aliphatic rings. The Bertz CT molecular complexity index is 332. The first kappa shape index (κ1) is 13.9. The maximum Gasteiger partial charge on any atom is 0.267 e. The van der Waals surface area contributed by atoms with Crippen LogP contribution in [0.5, 0.6) is 0 Å². The first-order valence-electron chi connectivity index (χ1n) is 4.61. The molecule has 0 radical (unpaired) electrons. The van der Waals surface area contributed by atoms with Crippen molar-refractivity contribution < 1.29 is 10.0 Å².